The molecule has 4 aliphatic rings. The normalized spacial score (nSPS) is 41.7. The lowest BCUT2D eigenvalue weighted by atomic mass is 9.46. The highest BCUT2D eigenvalue weighted by atomic mass is 16.6. The fourth-order valence-electron chi connectivity index (χ4n) is 6.16. The molecular formula is C21H26O8. The number of carbonyl (C=O) groups is 3. The van der Waals surface area contributed by atoms with E-state index in [1.807, 2.05) is 19.9 Å². The van der Waals surface area contributed by atoms with Crippen molar-refractivity contribution in [2.45, 2.75) is 58.0 Å². The number of carbonyl (C=O) groups excluding carboxylic acids is 3. The topological polar surface area (TPSA) is 119 Å². The number of esters is 3. The second kappa shape index (κ2) is 6.67. The van der Waals surface area contributed by atoms with E-state index in [-0.39, 0.29) is 23.9 Å². The third kappa shape index (κ3) is 2.76. The average molecular weight is 406 g/mol. The fraction of sp³-hybridized carbons (Fsp3) is 0.667. The summed E-state index contributed by atoms with van der Waals surface area (Å²) in [5.74, 6) is -2.05. The number of fused-ring (bicyclic) bond motifs is 4. The number of aliphatic hydroxyl groups excluding tert-OH is 2. The molecule has 2 heterocycles. The molecule has 0 aromatic rings. The van der Waals surface area contributed by atoms with Crippen LogP contribution in [0.15, 0.2) is 23.3 Å². The van der Waals surface area contributed by atoms with Crippen LogP contribution >= 0.6 is 0 Å². The molecule has 8 heteroatoms. The first-order chi connectivity index (χ1) is 13.6. The van der Waals surface area contributed by atoms with Crippen molar-refractivity contribution in [2.24, 2.45) is 22.7 Å². The zero-order valence-corrected chi connectivity index (χ0v) is 16.7. The van der Waals surface area contributed by atoms with E-state index < -0.39 is 47.2 Å². The van der Waals surface area contributed by atoms with E-state index in [9.17, 15) is 24.6 Å². The first-order valence-electron chi connectivity index (χ1n) is 9.90. The summed E-state index contributed by atoms with van der Waals surface area (Å²) in [6.45, 7) is 3.86. The van der Waals surface area contributed by atoms with E-state index in [0.29, 0.717) is 18.4 Å². The molecule has 29 heavy (non-hydrogen) atoms. The third-order valence-electron chi connectivity index (χ3n) is 7.58. The molecular weight excluding hydrogens is 380 g/mol. The van der Waals surface area contributed by atoms with Crippen LogP contribution in [0.1, 0.15) is 39.5 Å². The van der Waals surface area contributed by atoms with Crippen LogP contribution in [0.3, 0.4) is 0 Å². The molecule has 158 valence electrons. The lowest BCUT2D eigenvalue weighted by molar-refractivity contribution is -0.152. The van der Waals surface area contributed by atoms with Crippen molar-refractivity contribution in [3.63, 3.8) is 0 Å². The molecule has 0 amide bonds. The van der Waals surface area contributed by atoms with E-state index >= 15 is 0 Å². The van der Waals surface area contributed by atoms with Gasteiger partial charge in [0.15, 0.2) is 0 Å². The van der Waals surface area contributed by atoms with Gasteiger partial charge in [-0.05, 0) is 37.0 Å². The highest BCUT2D eigenvalue weighted by Gasteiger charge is 2.67. The van der Waals surface area contributed by atoms with Crippen molar-refractivity contribution >= 4 is 17.9 Å². The number of hydrogen-bond acceptors (Lipinski definition) is 8. The Bertz CT molecular complexity index is 829. The molecule has 0 aromatic carbocycles. The quantitative estimate of drug-likeness (QED) is 0.524. The monoisotopic (exact) mass is 406 g/mol. The second-order valence-electron chi connectivity index (χ2n) is 8.90. The molecule has 7 atom stereocenters. The Morgan fingerprint density at radius 3 is 2.69 bits per heavy atom. The van der Waals surface area contributed by atoms with Crippen LogP contribution in [0, 0.1) is 22.7 Å². The Labute approximate surface area is 168 Å². The number of cyclic esters (lactones) is 1. The van der Waals surface area contributed by atoms with Crippen LogP contribution in [0.4, 0.5) is 0 Å². The van der Waals surface area contributed by atoms with Crippen molar-refractivity contribution in [2.75, 3.05) is 7.11 Å². The van der Waals surface area contributed by atoms with Gasteiger partial charge >= 0.3 is 17.9 Å². The van der Waals surface area contributed by atoms with Gasteiger partial charge in [0.2, 0.25) is 6.29 Å². The second-order valence-corrected chi connectivity index (χ2v) is 8.90. The maximum Gasteiger partial charge on any atom is 0.334 e. The van der Waals surface area contributed by atoms with Gasteiger partial charge in [-0.15, -0.1) is 0 Å². The molecule has 2 bridgehead atoms. The summed E-state index contributed by atoms with van der Waals surface area (Å²) in [7, 11) is 1.33. The predicted octanol–water partition coefficient (Wildman–Crippen LogP) is 1.01. The minimum absolute atomic E-state index is 0.0889. The molecule has 1 saturated heterocycles. The van der Waals surface area contributed by atoms with Gasteiger partial charge in [0.1, 0.15) is 6.10 Å². The zero-order chi connectivity index (χ0) is 21.1. The lowest BCUT2D eigenvalue weighted by Crippen LogP contribution is -2.56. The van der Waals surface area contributed by atoms with E-state index in [4.69, 9.17) is 14.2 Å². The van der Waals surface area contributed by atoms with E-state index in [0.717, 1.165) is 12.5 Å². The number of aliphatic hydroxyl groups is 2. The van der Waals surface area contributed by atoms with Crippen LogP contribution in [0.5, 0.6) is 0 Å². The Kier molecular flexibility index (Phi) is 4.62. The van der Waals surface area contributed by atoms with E-state index in [1.165, 1.54) is 7.11 Å². The van der Waals surface area contributed by atoms with Crippen LogP contribution < -0.4 is 0 Å². The molecule has 1 unspecified atom stereocenters. The van der Waals surface area contributed by atoms with Gasteiger partial charge in [0.25, 0.3) is 0 Å². The van der Waals surface area contributed by atoms with Crippen LogP contribution in [0.25, 0.3) is 0 Å². The summed E-state index contributed by atoms with van der Waals surface area (Å²) in [5.41, 5.74) is -0.852. The van der Waals surface area contributed by atoms with Crippen LogP contribution in [-0.2, 0) is 28.6 Å². The summed E-state index contributed by atoms with van der Waals surface area (Å²) in [6, 6.07) is 0. The first-order valence-corrected chi connectivity index (χ1v) is 9.90. The summed E-state index contributed by atoms with van der Waals surface area (Å²) in [4.78, 5) is 36.7. The molecule has 2 aliphatic heterocycles. The van der Waals surface area contributed by atoms with Gasteiger partial charge in [-0.25, -0.2) is 9.59 Å². The number of methoxy groups -OCH3 is 1. The fourth-order valence-corrected chi connectivity index (χ4v) is 6.16. The SMILES string of the molecule is COC(=O)C1=CCC[C@H]2[C@](C)(C[C@H](O)C3=CC(=O)OC3O)[C@H]3C[C@H](OC3=O)[C@@]12C. The molecule has 2 aliphatic carbocycles. The van der Waals surface area contributed by atoms with Gasteiger partial charge in [-0.3, -0.25) is 4.79 Å². The molecule has 2 fully saturated rings. The highest BCUT2D eigenvalue weighted by molar-refractivity contribution is 5.91. The maximum atomic E-state index is 12.7. The lowest BCUT2D eigenvalue weighted by Gasteiger charge is -2.56. The van der Waals surface area contributed by atoms with Crippen molar-refractivity contribution in [1.82, 2.24) is 0 Å². The van der Waals surface area contributed by atoms with Gasteiger partial charge in [-0.1, -0.05) is 19.9 Å². The van der Waals surface area contributed by atoms with E-state index in [1.54, 1.807) is 0 Å². The van der Waals surface area contributed by atoms with E-state index in [2.05, 4.69) is 0 Å². The molecule has 0 radical (unpaired) electrons. The van der Waals surface area contributed by atoms with Gasteiger partial charge < -0.3 is 24.4 Å². The number of allylic oxidation sites excluding steroid dienone is 1. The largest absolute Gasteiger partial charge is 0.466 e. The Balaban J connectivity index is 1.74. The molecule has 2 N–H and O–H groups in total. The smallest absolute Gasteiger partial charge is 0.334 e. The van der Waals surface area contributed by atoms with Crippen molar-refractivity contribution < 1.29 is 38.8 Å². The van der Waals surface area contributed by atoms with Crippen molar-refractivity contribution in [3.8, 4) is 0 Å². The van der Waals surface area contributed by atoms with Gasteiger partial charge in [-0.2, -0.15) is 0 Å². The van der Waals surface area contributed by atoms with Crippen molar-refractivity contribution in [3.05, 3.63) is 23.3 Å². The van der Waals surface area contributed by atoms with Crippen LogP contribution in [-0.4, -0.2) is 53.7 Å². The van der Waals surface area contributed by atoms with Crippen LogP contribution in [0.2, 0.25) is 0 Å². The summed E-state index contributed by atoms with van der Waals surface area (Å²) >= 11 is 0. The number of ether oxygens (including phenoxy) is 3. The maximum absolute atomic E-state index is 12.7. The minimum Gasteiger partial charge on any atom is -0.466 e. The van der Waals surface area contributed by atoms with Crippen molar-refractivity contribution in [1.29, 1.82) is 0 Å². The predicted molar refractivity (Wildman–Crippen MR) is 97.8 cm³/mol. The average Bonchev–Trinajstić information content (AvgIpc) is 3.21. The standard InChI is InChI=1S/C21H26O8/c1-20(9-13(22)10-7-16(23)29-17(10)24)12-8-15(28-19(12)26)21(2)11(18(25)27-3)5-4-6-14(20)21/h5,7,12-15,17,22,24H,4,6,8-9H2,1-3H3/t12-,13-,14-,15-,17?,20+,21-/m0/s1. The molecule has 1 saturated carbocycles. The third-order valence-corrected chi connectivity index (χ3v) is 7.58. The summed E-state index contributed by atoms with van der Waals surface area (Å²) in [6.07, 6.45) is 1.83. The van der Waals surface area contributed by atoms with Gasteiger partial charge in [0.05, 0.1) is 19.1 Å². The Morgan fingerprint density at radius 1 is 1.34 bits per heavy atom. The Morgan fingerprint density at radius 2 is 2.07 bits per heavy atom. The number of rotatable bonds is 4. The first kappa shape index (κ1) is 20.1. The highest BCUT2D eigenvalue weighted by Crippen LogP contribution is 2.65. The zero-order valence-electron chi connectivity index (χ0n) is 16.7. The minimum atomic E-state index is -1.49. The molecule has 8 nitrogen and oxygen atoms in total. The Hall–Kier alpha value is -2.19. The summed E-state index contributed by atoms with van der Waals surface area (Å²) in [5, 5.41) is 20.8. The molecule has 4 rings (SSSR count). The molecule has 0 aromatic heterocycles. The molecule has 0 spiro atoms. The number of hydrogen-bond donors (Lipinski definition) is 2. The van der Waals surface area contributed by atoms with Gasteiger partial charge in [0, 0.05) is 22.6 Å². The summed E-state index contributed by atoms with van der Waals surface area (Å²) < 4.78 is 15.4.